The van der Waals surface area contributed by atoms with Crippen LogP contribution in [0, 0.1) is 0 Å². The zero-order valence-electron chi connectivity index (χ0n) is 8.27. The molecule has 1 aliphatic heterocycles. The average Bonchev–Trinajstić information content (AvgIpc) is 2.80. The van der Waals surface area contributed by atoms with Gasteiger partial charge in [0.1, 0.15) is 0 Å². The lowest BCUT2D eigenvalue weighted by Crippen LogP contribution is -2.42. The lowest BCUT2D eigenvalue weighted by atomic mass is 10.3. The Morgan fingerprint density at radius 1 is 1.60 bits per heavy atom. The van der Waals surface area contributed by atoms with E-state index in [1.54, 1.807) is 11.3 Å². The first-order chi connectivity index (χ1) is 7.36. The van der Waals surface area contributed by atoms with Crippen molar-refractivity contribution in [1.82, 2.24) is 5.32 Å². The van der Waals surface area contributed by atoms with E-state index >= 15 is 0 Å². The molecule has 1 amide bonds. The van der Waals surface area contributed by atoms with Gasteiger partial charge in [0.25, 0.3) is 5.91 Å². The third-order valence-electron chi connectivity index (χ3n) is 2.13. The zero-order valence-corrected chi connectivity index (χ0v) is 9.09. The normalized spacial score (nSPS) is 21.2. The van der Waals surface area contributed by atoms with E-state index in [-0.39, 0.29) is 5.91 Å². The number of rotatable bonds is 3. The highest BCUT2D eigenvalue weighted by atomic mass is 32.1. The largest absolute Gasteiger partial charge is 0.376 e. The van der Waals surface area contributed by atoms with Crippen molar-refractivity contribution in [3.05, 3.63) is 22.4 Å². The monoisotopic (exact) mass is 227 g/mol. The SMILES string of the molecule is O=C(NCc1cccs1)C1COCCO1. The van der Waals surface area contributed by atoms with Crippen LogP contribution in [0.3, 0.4) is 0 Å². The van der Waals surface area contributed by atoms with Gasteiger partial charge in [-0.3, -0.25) is 4.79 Å². The van der Waals surface area contributed by atoms with Gasteiger partial charge in [0, 0.05) is 4.88 Å². The summed E-state index contributed by atoms with van der Waals surface area (Å²) < 4.78 is 10.4. The van der Waals surface area contributed by atoms with Gasteiger partial charge in [-0.2, -0.15) is 0 Å². The van der Waals surface area contributed by atoms with Crippen LogP contribution >= 0.6 is 11.3 Å². The average molecular weight is 227 g/mol. The summed E-state index contributed by atoms with van der Waals surface area (Å²) in [6, 6.07) is 3.95. The van der Waals surface area contributed by atoms with Crippen molar-refractivity contribution in [2.45, 2.75) is 12.6 Å². The fourth-order valence-electron chi connectivity index (χ4n) is 1.34. The Kier molecular flexibility index (Phi) is 3.71. The zero-order chi connectivity index (χ0) is 10.5. The van der Waals surface area contributed by atoms with E-state index in [0.29, 0.717) is 26.4 Å². The first kappa shape index (κ1) is 10.6. The van der Waals surface area contributed by atoms with Gasteiger partial charge >= 0.3 is 0 Å². The molecule has 2 heterocycles. The van der Waals surface area contributed by atoms with Crippen LogP contribution in [-0.2, 0) is 20.8 Å². The smallest absolute Gasteiger partial charge is 0.251 e. The fourth-order valence-corrected chi connectivity index (χ4v) is 1.98. The van der Waals surface area contributed by atoms with Crippen LogP contribution in [-0.4, -0.2) is 31.8 Å². The molecular formula is C10H13NO3S. The van der Waals surface area contributed by atoms with Gasteiger partial charge in [-0.15, -0.1) is 11.3 Å². The van der Waals surface area contributed by atoms with E-state index in [4.69, 9.17) is 9.47 Å². The standard InChI is InChI=1S/C10H13NO3S/c12-10(9-7-13-3-4-14-9)11-6-8-2-1-5-15-8/h1-2,5,9H,3-4,6-7H2,(H,11,12). The third kappa shape index (κ3) is 3.02. The summed E-state index contributed by atoms with van der Waals surface area (Å²) >= 11 is 1.62. The first-order valence-electron chi connectivity index (χ1n) is 4.86. The summed E-state index contributed by atoms with van der Waals surface area (Å²) in [5.41, 5.74) is 0. The second-order valence-electron chi connectivity index (χ2n) is 3.23. The minimum absolute atomic E-state index is 0.0944. The van der Waals surface area contributed by atoms with Gasteiger partial charge < -0.3 is 14.8 Å². The lowest BCUT2D eigenvalue weighted by Gasteiger charge is -2.21. The summed E-state index contributed by atoms with van der Waals surface area (Å²) in [5, 5.41) is 4.81. The molecule has 1 fully saturated rings. The molecule has 1 aliphatic rings. The summed E-state index contributed by atoms with van der Waals surface area (Å²) in [7, 11) is 0. The van der Waals surface area contributed by atoms with Crippen LogP contribution in [0.25, 0.3) is 0 Å². The van der Waals surface area contributed by atoms with Crippen molar-refractivity contribution in [3.63, 3.8) is 0 Å². The van der Waals surface area contributed by atoms with E-state index in [1.165, 1.54) is 0 Å². The second-order valence-corrected chi connectivity index (χ2v) is 4.26. The Balaban J connectivity index is 1.76. The Morgan fingerprint density at radius 3 is 3.20 bits per heavy atom. The summed E-state index contributed by atoms with van der Waals surface area (Å²) in [4.78, 5) is 12.7. The molecule has 2 rings (SSSR count). The molecule has 1 aromatic rings. The second kappa shape index (κ2) is 5.25. The van der Waals surface area contributed by atoms with Gasteiger partial charge in [0.05, 0.1) is 26.4 Å². The maximum Gasteiger partial charge on any atom is 0.251 e. The molecule has 1 saturated heterocycles. The first-order valence-corrected chi connectivity index (χ1v) is 5.73. The molecule has 1 atom stereocenters. The van der Waals surface area contributed by atoms with Crippen molar-refractivity contribution in [2.75, 3.05) is 19.8 Å². The molecule has 0 spiro atoms. The van der Waals surface area contributed by atoms with Crippen LogP contribution < -0.4 is 5.32 Å². The minimum atomic E-state index is -0.446. The summed E-state index contributed by atoms with van der Waals surface area (Å²) in [6.07, 6.45) is -0.446. The molecule has 1 aromatic heterocycles. The number of ether oxygens (including phenoxy) is 2. The van der Waals surface area contributed by atoms with Crippen LogP contribution in [0.1, 0.15) is 4.88 Å². The molecule has 0 saturated carbocycles. The molecule has 0 bridgehead atoms. The molecule has 5 heteroatoms. The van der Waals surface area contributed by atoms with Gasteiger partial charge in [-0.05, 0) is 11.4 Å². The molecule has 15 heavy (non-hydrogen) atoms. The van der Waals surface area contributed by atoms with E-state index in [1.807, 2.05) is 17.5 Å². The van der Waals surface area contributed by atoms with Crippen molar-refractivity contribution in [3.8, 4) is 0 Å². The Bertz CT molecular complexity index is 306. The third-order valence-corrected chi connectivity index (χ3v) is 3.00. The summed E-state index contributed by atoms with van der Waals surface area (Å²) in [5.74, 6) is -0.0944. The molecule has 0 aromatic carbocycles. The molecule has 0 aliphatic carbocycles. The van der Waals surface area contributed by atoms with Crippen molar-refractivity contribution >= 4 is 17.2 Å². The Labute approximate surface area is 92.2 Å². The van der Waals surface area contributed by atoms with Gasteiger partial charge in [0.15, 0.2) is 6.10 Å². The predicted octanol–water partition coefficient (Wildman–Crippen LogP) is 0.780. The Morgan fingerprint density at radius 2 is 2.53 bits per heavy atom. The number of amides is 1. The van der Waals surface area contributed by atoms with Crippen molar-refractivity contribution < 1.29 is 14.3 Å². The van der Waals surface area contributed by atoms with E-state index in [2.05, 4.69) is 5.32 Å². The fraction of sp³-hybridized carbons (Fsp3) is 0.500. The molecule has 1 unspecified atom stereocenters. The van der Waals surface area contributed by atoms with E-state index in [0.717, 1.165) is 4.88 Å². The number of hydrogen-bond donors (Lipinski definition) is 1. The highest BCUT2D eigenvalue weighted by Gasteiger charge is 2.22. The van der Waals surface area contributed by atoms with Crippen molar-refractivity contribution in [2.24, 2.45) is 0 Å². The maximum absolute atomic E-state index is 11.6. The minimum Gasteiger partial charge on any atom is -0.376 e. The molecule has 1 N–H and O–H groups in total. The highest BCUT2D eigenvalue weighted by molar-refractivity contribution is 7.09. The van der Waals surface area contributed by atoms with E-state index < -0.39 is 6.10 Å². The molecule has 82 valence electrons. The molecular weight excluding hydrogens is 214 g/mol. The molecule has 0 radical (unpaired) electrons. The van der Waals surface area contributed by atoms with Crippen molar-refractivity contribution in [1.29, 1.82) is 0 Å². The van der Waals surface area contributed by atoms with E-state index in [9.17, 15) is 4.79 Å². The highest BCUT2D eigenvalue weighted by Crippen LogP contribution is 2.08. The van der Waals surface area contributed by atoms with Crippen LogP contribution in [0.4, 0.5) is 0 Å². The van der Waals surface area contributed by atoms with Crippen LogP contribution in [0.5, 0.6) is 0 Å². The number of thiophene rings is 1. The maximum atomic E-state index is 11.6. The quantitative estimate of drug-likeness (QED) is 0.830. The Hall–Kier alpha value is -0.910. The summed E-state index contributed by atoms with van der Waals surface area (Å²) in [6.45, 7) is 2.00. The topological polar surface area (TPSA) is 47.6 Å². The molecule has 4 nitrogen and oxygen atoms in total. The van der Waals surface area contributed by atoms with Crippen LogP contribution in [0.2, 0.25) is 0 Å². The van der Waals surface area contributed by atoms with Gasteiger partial charge in [-0.1, -0.05) is 6.07 Å². The number of hydrogen-bond acceptors (Lipinski definition) is 4. The number of carbonyl (C=O) groups excluding carboxylic acids is 1. The number of nitrogens with one attached hydrogen (secondary N) is 1. The number of carbonyl (C=O) groups is 1. The predicted molar refractivity (Wildman–Crippen MR) is 56.7 cm³/mol. The van der Waals surface area contributed by atoms with Gasteiger partial charge in [-0.25, -0.2) is 0 Å². The lowest BCUT2D eigenvalue weighted by molar-refractivity contribution is -0.147. The van der Waals surface area contributed by atoms with Gasteiger partial charge in [0.2, 0.25) is 0 Å². The van der Waals surface area contributed by atoms with Crippen LogP contribution in [0.15, 0.2) is 17.5 Å².